The van der Waals surface area contributed by atoms with Crippen LogP contribution >= 0.6 is 23.4 Å². The first-order valence-corrected chi connectivity index (χ1v) is 10.4. The van der Waals surface area contributed by atoms with E-state index in [1.54, 1.807) is 23.1 Å². The number of rotatable bonds is 9. The zero-order chi connectivity index (χ0) is 20.5. The van der Waals surface area contributed by atoms with Crippen molar-refractivity contribution < 1.29 is 14.3 Å². The van der Waals surface area contributed by atoms with E-state index in [1.165, 1.54) is 11.8 Å². The van der Waals surface area contributed by atoms with E-state index in [4.69, 9.17) is 16.3 Å². The molecule has 0 aliphatic heterocycles. The number of anilines is 1. The number of hydrogen-bond acceptors (Lipinski definition) is 4. The van der Waals surface area contributed by atoms with Crippen LogP contribution in [0.25, 0.3) is 0 Å². The molecule has 0 aliphatic carbocycles. The normalized spacial score (nSPS) is 11.6. The highest BCUT2D eigenvalue weighted by atomic mass is 35.5. The molecule has 1 unspecified atom stereocenters. The second-order valence-corrected chi connectivity index (χ2v) is 7.88. The lowest BCUT2D eigenvalue weighted by atomic mass is 10.3. The third-order valence-electron chi connectivity index (χ3n) is 4.09. The summed E-state index contributed by atoms with van der Waals surface area (Å²) in [5.74, 6) is 0.201. The Balaban J connectivity index is 1.92. The van der Waals surface area contributed by atoms with E-state index in [0.717, 1.165) is 4.90 Å². The molecule has 1 atom stereocenters. The molecule has 2 rings (SSSR count). The van der Waals surface area contributed by atoms with Gasteiger partial charge in [-0.25, -0.2) is 0 Å². The van der Waals surface area contributed by atoms with Crippen LogP contribution in [0.1, 0.15) is 20.8 Å². The highest BCUT2D eigenvalue weighted by Gasteiger charge is 2.16. The maximum Gasteiger partial charge on any atom is 0.260 e. The molecule has 0 fully saturated rings. The van der Waals surface area contributed by atoms with Crippen LogP contribution in [0.4, 0.5) is 5.69 Å². The van der Waals surface area contributed by atoms with E-state index in [2.05, 4.69) is 5.32 Å². The molecule has 7 heteroatoms. The fraction of sp³-hybridized carbons (Fsp3) is 0.333. The Hall–Kier alpha value is -2.18. The van der Waals surface area contributed by atoms with Crippen LogP contribution < -0.4 is 10.1 Å². The van der Waals surface area contributed by atoms with Gasteiger partial charge in [0.15, 0.2) is 6.61 Å². The molecule has 0 radical (unpaired) electrons. The number of carbonyl (C=O) groups excluding carboxylic acids is 2. The molecule has 150 valence electrons. The summed E-state index contributed by atoms with van der Waals surface area (Å²) in [6.07, 6.45) is 0. The minimum atomic E-state index is -0.260. The first kappa shape index (κ1) is 22.1. The summed E-state index contributed by atoms with van der Waals surface area (Å²) in [4.78, 5) is 27.2. The van der Waals surface area contributed by atoms with Gasteiger partial charge in [0, 0.05) is 23.7 Å². The number of thioether (sulfide) groups is 1. The quantitative estimate of drug-likeness (QED) is 0.597. The molecule has 2 aromatic carbocycles. The van der Waals surface area contributed by atoms with Crippen molar-refractivity contribution >= 4 is 40.9 Å². The molecule has 0 saturated carbocycles. The first-order valence-electron chi connectivity index (χ1n) is 9.17. The zero-order valence-corrected chi connectivity index (χ0v) is 17.8. The van der Waals surface area contributed by atoms with Gasteiger partial charge in [-0.05, 0) is 51.1 Å². The number of hydrogen-bond donors (Lipinski definition) is 1. The predicted molar refractivity (Wildman–Crippen MR) is 115 cm³/mol. The Kier molecular flexibility index (Phi) is 8.67. The van der Waals surface area contributed by atoms with Crippen molar-refractivity contribution in [2.75, 3.05) is 25.0 Å². The van der Waals surface area contributed by atoms with Crippen molar-refractivity contribution in [1.82, 2.24) is 4.90 Å². The second kappa shape index (κ2) is 11.0. The zero-order valence-electron chi connectivity index (χ0n) is 16.3. The van der Waals surface area contributed by atoms with Gasteiger partial charge in [-0.1, -0.05) is 29.8 Å². The van der Waals surface area contributed by atoms with Crippen molar-refractivity contribution in [2.24, 2.45) is 0 Å². The van der Waals surface area contributed by atoms with E-state index >= 15 is 0 Å². The minimum Gasteiger partial charge on any atom is -0.482 e. The Morgan fingerprint density at radius 3 is 2.43 bits per heavy atom. The van der Waals surface area contributed by atoms with E-state index < -0.39 is 0 Å². The largest absolute Gasteiger partial charge is 0.482 e. The lowest BCUT2D eigenvalue weighted by molar-refractivity contribution is -0.133. The molecule has 0 bridgehead atoms. The molecule has 2 aromatic rings. The van der Waals surface area contributed by atoms with E-state index in [-0.39, 0.29) is 23.7 Å². The summed E-state index contributed by atoms with van der Waals surface area (Å²) in [5.41, 5.74) is 0.581. The van der Waals surface area contributed by atoms with Crippen LogP contribution in [0.15, 0.2) is 53.4 Å². The highest BCUT2D eigenvalue weighted by molar-refractivity contribution is 8.00. The molecule has 0 aromatic heterocycles. The van der Waals surface area contributed by atoms with Crippen molar-refractivity contribution in [1.29, 1.82) is 0 Å². The number of nitrogens with zero attached hydrogens (tertiary/aromatic N) is 1. The third kappa shape index (κ3) is 6.46. The number of nitrogens with one attached hydrogen (secondary N) is 1. The molecule has 1 N–H and O–H groups in total. The standard InChI is InChI=1S/C21H25ClN2O3S/c1-4-24(5-2)20(25)14-27-19-12-11-16(13-18(19)22)23-21(26)15(3)28-17-9-7-6-8-10-17/h6-13,15H,4-5,14H2,1-3H3,(H,23,26). The van der Waals surface area contributed by atoms with Gasteiger partial charge in [-0.2, -0.15) is 0 Å². The van der Waals surface area contributed by atoms with Crippen LogP contribution in [-0.4, -0.2) is 41.7 Å². The summed E-state index contributed by atoms with van der Waals surface area (Å²) in [7, 11) is 0. The maximum absolute atomic E-state index is 12.4. The molecule has 0 saturated heterocycles. The number of ether oxygens (including phenoxy) is 1. The SMILES string of the molecule is CCN(CC)C(=O)COc1ccc(NC(=O)C(C)Sc2ccccc2)cc1Cl. The van der Waals surface area contributed by atoms with Gasteiger partial charge < -0.3 is 15.0 Å². The van der Waals surface area contributed by atoms with Gasteiger partial charge in [-0.3, -0.25) is 9.59 Å². The Morgan fingerprint density at radius 2 is 1.82 bits per heavy atom. The molecule has 28 heavy (non-hydrogen) atoms. The van der Waals surface area contributed by atoms with Crippen LogP contribution in [0, 0.1) is 0 Å². The van der Waals surface area contributed by atoms with E-state index in [0.29, 0.717) is 29.5 Å². The average molecular weight is 421 g/mol. The second-order valence-electron chi connectivity index (χ2n) is 6.06. The third-order valence-corrected chi connectivity index (χ3v) is 5.50. The van der Waals surface area contributed by atoms with Crippen molar-refractivity contribution in [3.63, 3.8) is 0 Å². The topological polar surface area (TPSA) is 58.6 Å². The summed E-state index contributed by atoms with van der Waals surface area (Å²) in [5, 5.41) is 2.94. The van der Waals surface area contributed by atoms with Gasteiger partial charge in [-0.15, -0.1) is 11.8 Å². The fourth-order valence-electron chi connectivity index (χ4n) is 2.50. The highest BCUT2D eigenvalue weighted by Crippen LogP contribution is 2.29. The molecular formula is C21H25ClN2O3S. The summed E-state index contributed by atoms with van der Waals surface area (Å²) in [6, 6.07) is 14.7. The molecule has 0 spiro atoms. The lowest BCUT2D eigenvalue weighted by Gasteiger charge is -2.19. The first-order chi connectivity index (χ1) is 13.4. The van der Waals surface area contributed by atoms with Crippen molar-refractivity contribution in [3.05, 3.63) is 53.6 Å². The van der Waals surface area contributed by atoms with Crippen molar-refractivity contribution in [2.45, 2.75) is 30.9 Å². The Bertz CT molecular complexity index is 797. The lowest BCUT2D eigenvalue weighted by Crippen LogP contribution is -2.34. The van der Waals surface area contributed by atoms with Crippen LogP contribution in [-0.2, 0) is 9.59 Å². The Morgan fingerprint density at radius 1 is 1.14 bits per heavy atom. The summed E-state index contributed by atoms with van der Waals surface area (Å²) >= 11 is 7.73. The van der Waals surface area contributed by atoms with Crippen LogP contribution in [0.5, 0.6) is 5.75 Å². The molecule has 5 nitrogen and oxygen atoms in total. The molecule has 0 aliphatic rings. The maximum atomic E-state index is 12.4. The molecular weight excluding hydrogens is 396 g/mol. The smallest absolute Gasteiger partial charge is 0.260 e. The number of amides is 2. The number of halogens is 1. The van der Waals surface area contributed by atoms with Gasteiger partial charge in [0.05, 0.1) is 10.3 Å². The van der Waals surface area contributed by atoms with Crippen LogP contribution in [0.2, 0.25) is 5.02 Å². The van der Waals surface area contributed by atoms with Gasteiger partial charge in [0.1, 0.15) is 5.75 Å². The van der Waals surface area contributed by atoms with Crippen molar-refractivity contribution in [3.8, 4) is 5.75 Å². The number of carbonyl (C=O) groups is 2. The summed E-state index contributed by atoms with van der Waals surface area (Å²) in [6.45, 7) is 6.89. The molecule has 2 amide bonds. The van der Waals surface area contributed by atoms with Gasteiger partial charge in [0.25, 0.3) is 5.91 Å². The number of benzene rings is 2. The predicted octanol–water partition coefficient (Wildman–Crippen LogP) is 4.71. The van der Waals surface area contributed by atoms with Gasteiger partial charge >= 0.3 is 0 Å². The molecule has 0 heterocycles. The van der Waals surface area contributed by atoms with E-state index in [1.807, 2.05) is 51.1 Å². The van der Waals surface area contributed by atoms with Gasteiger partial charge in [0.2, 0.25) is 5.91 Å². The monoisotopic (exact) mass is 420 g/mol. The Labute approximate surface area is 175 Å². The fourth-order valence-corrected chi connectivity index (χ4v) is 3.63. The van der Waals surface area contributed by atoms with E-state index in [9.17, 15) is 9.59 Å². The van der Waals surface area contributed by atoms with Crippen LogP contribution in [0.3, 0.4) is 0 Å². The average Bonchev–Trinajstić information content (AvgIpc) is 2.69. The minimum absolute atomic E-state index is 0.0716. The number of likely N-dealkylation sites (N-methyl/N-ethyl adjacent to an activating group) is 1. The summed E-state index contributed by atoms with van der Waals surface area (Å²) < 4.78 is 5.53.